The fourth-order valence-electron chi connectivity index (χ4n) is 2.55. The maximum atomic E-state index is 5.55. The number of anilines is 1. The van der Waals surface area contributed by atoms with E-state index in [-0.39, 0.29) is 5.25 Å². The highest BCUT2D eigenvalue weighted by molar-refractivity contribution is 8.02. The minimum absolute atomic E-state index is 0.152. The van der Waals surface area contributed by atoms with Gasteiger partial charge in [-0.05, 0) is 11.6 Å². The van der Waals surface area contributed by atoms with Crippen LogP contribution in [-0.4, -0.2) is 9.97 Å². The lowest BCUT2D eigenvalue weighted by Gasteiger charge is -2.27. The largest absolute Gasteiger partial charge is 0.347 e. The molecule has 1 aliphatic heterocycles. The Morgan fingerprint density at radius 3 is 2.62 bits per heavy atom. The minimum Gasteiger partial charge on any atom is -0.347 e. The summed E-state index contributed by atoms with van der Waals surface area (Å²) in [6.45, 7) is 0. The molecule has 102 valence electrons. The first-order valence-electron chi connectivity index (χ1n) is 6.73. The van der Waals surface area contributed by atoms with Crippen molar-refractivity contribution in [1.82, 2.24) is 4.98 Å². The maximum absolute atomic E-state index is 5.55. The molecular weight excluding hydrogens is 296 g/mol. The summed E-state index contributed by atoms with van der Waals surface area (Å²) in [4.78, 5) is 6.56. The maximum Gasteiger partial charge on any atom is 0.0978 e. The lowest BCUT2D eigenvalue weighted by Crippen LogP contribution is -2.21. The number of para-hydroxylation sites is 1. The normalized spacial score (nSPS) is 17.3. The number of hydrogen-bond acceptors (Lipinski definition) is 3. The molecule has 1 aliphatic rings. The molecule has 21 heavy (non-hydrogen) atoms. The van der Waals surface area contributed by atoms with Crippen molar-refractivity contribution in [2.24, 2.45) is 0 Å². The summed E-state index contributed by atoms with van der Waals surface area (Å²) in [7, 11) is 0. The Kier molecular flexibility index (Phi) is 3.13. The van der Waals surface area contributed by atoms with E-state index in [1.165, 1.54) is 15.8 Å². The third-order valence-corrected chi connectivity index (χ3v) is 5.47. The second-order valence-electron chi connectivity index (χ2n) is 4.92. The van der Waals surface area contributed by atoms with Gasteiger partial charge in [-0.15, -0.1) is 11.8 Å². The Morgan fingerprint density at radius 1 is 1.00 bits per heavy atom. The monoisotopic (exact) mass is 308 g/mol. The Labute approximate surface area is 132 Å². The van der Waals surface area contributed by atoms with Crippen molar-refractivity contribution < 1.29 is 0 Å². The number of pyridine rings is 1. The van der Waals surface area contributed by atoms with Crippen LogP contribution in [0.15, 0.2) is 65.7 Å². The van der Waals surface area contributed by atoms with Crippen LogP contribution in [0.25, 0.3) is 10.9 Å². The zero-order chi connectivity index (χ0) is 14.2. The molecule has 0 saturated heterocycles. The first kappa shape index (κ1) is 12.8. The Bertz CT molecular complexity index is 831. The van der Waals surface area contributed by atoms with Crippen molar-refractivity contribution in [2.45, 2.75) is 10.1 Å². The van der Waals surface area contributed by atoms with Crippen LogP contribution >= 0.6 is 24.0 Å². The number of nitrogens with one attached hydrogen (secondary N) is 1. The van der Waals surface area contributed by atoms with E-state index in [2.05, 4.69) is 46.7 Å². The highest BCUT2D eigenvalue weighted by atomic mass is 32.2. The van der Waals surface area contributed by atoms with Gasteiger partial charge in [0.15, 0.2) is 0 Å². The molecule has 2 nitrogen and oxygen atoms in total. The second kappa shape index (κ2) is 5.13. The Balaban J connectivity index is 1.85. The molecule has 0 bridgehead atoms. The predicted octanol–water partition coefficient (Wildman–Crippen LogP) is 4.82. The fourth-order valence-corrected chi connectivity index (χ4v) is 4.16. The summed E-state index contributed by atoms with van der Waals surface area (Å²) >= 11 is 7.35. The summed E-state index contributed by atoms with van der Waals surface area (Å²) in [6, 6.07) is 18.6. The molecule has 1 aromatic heterocycles. The quantitative estimate of drug-likeness (QED) is 0.651. The van der Waals surface area contributed by atoms with E-state index >= 15 is 0 Å². The Morgan fingerprint density at radius 2 is 1.76 bits per heavy atom. The van der Waals surface area contributed by atoms with Gasteiger partial charge in [-0.2, -0.15) is 0 Å². The molecular formula is C17H12N2S2. The first-order valence-corrected chi connectivity index (χ1v) is 8.02. The van der Waals surface area contributed by atoms with Gasteiger partial charge in [0.2, 0.25) is 0 Å². The molecule has 0 amide bonds. The molecule has 0 saturated carbocycles. The third-order valence-electron chi connectivity index (χ3n) is 3.56. The van der Waals surface area contributed by atoms with Gasteiger partial charge in [0.25, 0.3) is 0 Å². The van der Waals surface area contributed by atoms with E-state index < -0.39 is 0 Å². The highest BCUT2D eigenvalue weighted by Crippen LogP contribution is 2.46. The molecule has 0 unspecified atom stereocenters. The molecule has 1 atom stereocenters. The van der Waals surface area contributed by atoms with Crippen molar-refractivity contribution in [3.05, 3.63) is 66.4 Å². The minimum atomic E-state index is 0.152. The van der Waals surface area contributed by atoms with Crippen molar-refractivity contribution in [1.29, 1.82) is 0 Å². The predicted molar refractivity (Wildman–Crippen MR) is 93.0 cm³/mol. The van der Waals surface area contributed by atoms with Gasteiger partial charge in [0.05, 0.1) is 27.6 Å². The van der Waals surface area contributed by atoms with Gasteiger partial charge in [0, 0.05) is 10.3 Å². The molecule has 0 radical (unpaired) electrons. The zero-order valence-corrected chi connectivity index (χ0v) is 12.7. The average molecular weight is 308 g/mol. The molecule has 4 heteroatoms. The Hall–Kier alpha value is -1.91. The fraction of sp³-hybridized carbons (Fsp3) is 0.0588. The molecule has 1 N–H and O–H groups in total. The average Bonchev–Trinajstić information content (AvgIpc) is 2.55. The smallest absolute Gasteiger partial charge is 0.0978 e. The number of aromatic nitrogens is 1. The summed E-state index contributed by atoms with van der Waals surface area (Å²) in [5.74, 6) is 0. The number of rotatable bonds is 1. The van der Waals surface area contributed by atoms with Crippen LogP contribution in [-0.2, 0) is 0 Å². The standard InChI is InChI=1S/C17H12N2S2/c20-17-15(11-6-2-1-3-7-11)21-16-12-8-4-5-9-13(12)18-10-14(16)19-17/h1-10,15H,(H,19,20)/t15-/m0/s1. The van der Waals surface area contributed by atoms with Crippen molar-refractivity contribution in [2.75, 3.05) is 5.32 Å². The molecule has 4 rings (SSSR count). The van der Waals surface area contributed by atoms with Gasteiger partial charge in [0.1, 0.15) is 0 Å². The van der Waals surface area contributed by atoms with Crippen LogP contribution in [0, 0.1) is 0 Å². The first-order chi connectivity index (χ1) is 10.3. The molecule has 0 spiro atoms. The second-order valence-corrected chi connectivity index (χ2v) is 6.47. The third kappa shape index (κ3) is 2.20. The SMILES string of the molecule is S=C1Nc2cnc3ccccc3c2S[C@H]1c1ccccc1. The highest BCUT2D eigenvalue weighted by Gasteiger charge is 2.26. The summed E-state index contributed by atoms with van der Waals surface area (Å²) in [6.07, 6.45) is 1.87. The molecule has 3 aromatic rings. The van der Waals surface area contributed by atoms with Crippen molar-refractivity contribution >= 4 is 45.6 Å². The van der Waals surface area contributed by atoms with E-state index in [9.17, 15) is 0 Å². The number of fused-ring (bicyclic) bond motifs is 3. The molecule has 2 heterocycles. The van der Waals surface area contributed by atoms with Gasteiger partial charge in [-0.1, -0.05) is 60.7 Å². The van der Waals surface area contributed by atoms with Crippen LogP contribution in [0.3, 0.4) is 0 Å². The zero-order valence-electron chi connectivity index (χ0n) is 11.1. The molecule has 0 aliphatic carbocycles. The van der Waals surface area contributed by atoms with Crippen molar-refractivity contribution in [3.8, 4) is 0 Å². The van der Waals surface area contributed by atoms with Gasteiger partial charge in [-0.25, -0.2) is 0 Å². The van der Waals surface area contributed by atoms with Crippen LogP contribution in [0.4, 0.5) is 5.69 Å². The number of thioether (sulfide) groups is 1. The van der Waals surface area contributed by atoms with Crippen molar-refractivity contribution in [3.63, 3.8) is 0 Å². The van der Waals surface area contributed by atoms with Crippen LogP contribution in [0.5, 0.6) is 0 Å². The number of benzene rings is 2. The summed E-state index contributed by atoms with van der Waals surface area (Å²) in [5, 5.41) is 4.68. The lowest BCUT2D eigenvalue weighted by molar-refractivity contribution is 1.25. The van der Waals surface area contributed by atoms with E-state index in [0.29, 0.717) is 0 Å². The van der Waals surface area contributed by atoms with E-state index in [0.717, 1.165) is 16.2 Å². The lowest BCUT2D eigenvalue weighted by atomic mass is 10.1. The van der Waals surface area contributed by atoms with E-state index in [4.69, 9.17) is 12.2 Å². The topological polar surface area (TPSA) is 24.9 Å². The number of nitrogens with zero attached hydrogens (tertiary/aromatic N) is 1. The number of thiocarbonyl (C=S) groups is 1. The summed E-state index contributed by atoms with van der Waals surface area (Å²) in [5.41, 5.74) is 3.26. The van der Waals surface area contributed by atoms with Gasteiger partial charge < -0.3 is 5.32 Å². The van der Waals surface area contributed by atoms with Gasteiger partial charge >= 0.3 is 0 Å². The number of hydrogen-bond donors (Lipinski definition) is 1. The van der Waals surface area contributed by atoms with Gasteiger partial charge in [-0.3, -0.25) is 4.98 Å². The molecule has 2 aromatic carbocycles. The van der Waals surface area contributed by atoms with Crippen LogP contribution in [0.2, 0.25) is 0 Å². The van der Waals surface area contributed by atoms with Crippen LogP contribution < -0.4 is 5.32 Å². The van der Waals surface area contributed by atoms with E-state index in [1.54, 1.807) is 11.8 Å². The summed E-state index contributed by atoms with van der Waals surface area (Å²) < 4.78 is 0. The molecule has 0 fully saturated rings. The van der Waals surface area contributed by atoms with Crippen LogP contribution in [0.1, 0.15) is 10.8 Å². The van der Waals surface area contributed by atoms with E-state index in [1.807, 2.05) is 24.4 Å².